The van der Waals surface area contributed by atoms with E-state index in [4.69, 9.17) is 0 Å². The van der Waals surface area contributed by atoms with E-state index in [1.807, 2.05) is 53.6 Å². The van der Waals surface area contributed by atoms with Gasteiger partial charge in [0.2, 0.25) is 0 Å². The van der Waals surface area contributed by atoms with E-state index in [9.17, 15) is 4.79 Å². The number of nitrogens with zero attached hydrogens (tertiary/aromatic N) is 4. The standard InChI is InChI=1S/C20H24N4O/c1-4-18-15(3)24-14-17(6-7-19(24)22-18)20(25)23(5-2)13-10-16-8-11-21-12-9-16/h6-9,11-12,14H,4-5,10,13H2,1-3H3. The van der Waals surface area contributed by atoms with Crippen LogP contribution < -0.4 is 0 Å². The molecule has 0 aliphatic rings. The van der Waals surface area contributed by atoms with Crippen molar-refractivity contribution in [3.05, 3.63) is 65.4 Å². The number of hydrogen-bond donors (Lipinski definition) is 0. The normalized spacial score (nSPS) is 11.0. The van der Waals surface area contributed by atoms with Crippen molar-refractivity contribution in [3.8, 4) is 0 Å². The molecule has 1 amide bonds. The van der Waals surface area contributed by atoms with Crippen molar-refractivity contribution in [3.63, 3.8) is 0 Å². The number of fused-ring (bicyclic) bond motifs is 1. The molecular weight excluding hydrogens is 312 g/mol. The van der Waals surface area contributed by atoms with Crippen LogP contribution in [0.4, 0.5) is 0 Å². The lowest BCUT2D eigenvalue weighted by Gasteiger charge is -2.21. The van der Waals surface area contributed by atoms with Crippen molar-refractivity contribution in [1.82, 2.24) is 19.3 Å². The largest absolute Gasteiger partial charge is 0.339 e. The molecule has 3 rings (SSSR count). The molecule has 3 heterocycles. The van der Waals surface area contributed by atoms with Crippen molar-refractivity contribution in [2.24, 2.45) is 0 Å². The Morgan fingerprint density at radius 2 is 1.92 bits per heavy atom. The van der Waals surface area contributed by atoms with E-state index in [0.29, 0.717) is 18.7 Å². The van der Waals surface area contributed by atoms with Gasteiger partial charge in [-0.25, -0.2) is 4.98 Å². The van der Waals surface area contributed by atoms with Crippen LogP contribution in [0, 0.1) is 6.92 Å². The fourth-order valence-electron chi connectivity index (χ4n) is 3.07. The lowest BCUT2D eigenvalue weighted by molar-refractivity contribution is 0.0765. The van der Waals surface area contributed by atoms with E-state index in [2.05, 4.69) is 16.9 Å². The molecule has 0 aliphatic heterocycles. The lowest BCUT2D eigenvalue weighted by Crippen LogP contribution is -2.32. The highest BCUT2D eigenvalue weighted by Gasteiger charge is 2.16. The van der Waals surface area contributed by atoms with E-state index in [1.54, 1.807) is 12.4 Å². The second-order valence-electron chi connectivity index (χ2n) is 6.13. The summed E-state index contributed by atoms with van der Waals surface area (Å²) < 4.78 is 2.02. The lowest BCUT2D eigenvalue weighted by atomic mass is 10.1. The SMILES string of the molecule is CCc1nc2ccc(C(=O)N(CC)CCc3ccncc3)cn2c1C. The highest BCUT2D eigenvalue weighted by molar-refractivity contribution is 5.94. The number of imidazole rings is 1. The number of amides is 1. The number of aryl methyl sites for hydroxylation is 2. The first-order chi connectivity index (χ1) is 12.1. The summed E-state index contributed by atoms with van der Waals surface area (Å²) in [5.41, 5.74) is 4.97. The van der Waals surface area contributed by atoms with Crippen LogP contribution in [0.3, 0.4) is 0 Å². The summed E-state index contributed by atoms with van der Waals surface area (Å²) in [7, 11) is 0. The Morgan fingerprint density at radius 3 is 2.60 bits per heavy atom. The molecule has 25 heavy (non-hydrogen) atoms. The van der Waals surface area contributed by atoms with Crippen molar-refractivity contribution < 1.29 is 4.79 Å². The molecule has 0 atom stereocenters. The van der Waals surface area contributed by atoms with Gasteiger partial charge in [0.25, 0.3) is 5.91 Å². The molecule has 0 fully saturated rings. The first-order valence-corrected chi connectivity index (χ1v) is 8.79. The third-order valence-electron chi connectivity index (χ3n) is 4.63. The van der Waals surface area contributed by atoms with Crippen LogP contribution in [0.25, 0.3) is 5.65 Å². The zero-order valence-corrected chi connectivity index (χ0v) is 15.1. The molecule has 0 saturated heterocycles. The van der Waals surface area contributed by atoms with Gasteiger partial charge in [-0.2, -0.15) is 0 Å². The van der Waals surface area contributed by atoms with Gasteiger partial charge in [-0.3, -0.25) is 9.78 Å². The molecule has 130 valence electrons. The Bertz CT molecular complexity index is 870. The number of likely N-dealkylation sites (N-methyl/N-ethyl adjacent to an activating group) is 1. The van der Waals surface area contributed by atoms with Crippen LogP contribution in [-0.2, 0) is 12.8 Å². The maximum absolute atomic E-state index is 12.9. The Labute approximate surface area is 148 Å². The Hall–Kier alpha value is -2.69. The van der Waals surface area contributed by atoms with Crippen LogP contribution in [0.2, 0.25) is 0 Å². The predicted octanol–water partition coefficient (Wildman–Crippen LogP) is 3.30. The quantitative estimate of drug-likeness (QED) is 0.694. The fraction of sp³-hybridized carbons (Fsp3) is 0.350. The number of carbonyl (C=O) groups is 1. The van der Waals surface area contributed by atoms with Gasteiger partial charge in [0.05, 0.1) is 11.3 Å². The van der Waals surface area contributed by atoms with Crippen LogP contribution in [0.5, 0.6) is 0 Å². The van der Waals surface area contributed by atoms with Gasteiger partial charge in [0.1, 0.15) is 5.65 Å². The topological polar surface area (TPSA) is 50.5 Å². The van der Waals surface area contributed by atoms with Gasteiger partial charge in [-0.05, 0) is 56.5 Å². The maximum Gasteiger partial charge on any atom is 0.255 e. The first-order valence-electron chi connectivity index (χ1n) is 8.79. The van der Waals surface area contributed by atoms with Gasteiger partial charge in [0.15, 0.2) is 0 Å². The fourth-order valence-corrected chi connectivity index (χ4v) is 3.07. The Kier molecular flexibility index (Phi) is 5.12. The minimum Gasteiger partial charge on any atom is -0.339 e. The summed E-state index contributed by atoms with van der Waals surface area (Å²) in [6.45, 7) is 7.54. The van der Waals surface area contributed by atoms with Crippen molar-refractivity contribution >= 4 is 11.6 Å². The highest BCUT2D eigenvalue weighted by Crippen LogP contribution is 2.15. The van der Waals surface area contributed by atoms with E-state index < -0.39 is 0 Å². The van der Waals surface area contributed by atoms with Gasteiger partial charge in [-0.15, -0.1) is 0 Å². The minimum atomic E-state index is 0.0598. The maximum atomic E-state index is 12.9. The molecule has 0 unspecified atom stereocenters. The van der Waals surface area contributed by atoms with E-state index in [0.717, 1.165) is 29.9 Å². The van der Waals surface area contributed by atoms with Crippen molar-refractivity contribution in [2.75, 3.05) is 13.1 Å². The van der Waals surface area contributed by atoms with Crippen molar-refractivity contribution in [2.45, 2.75) is 33.6 Å². The molecule has 0 radical (unpaired) electrons. The average Bonchev–Trinajstić information content (AvgIpc) is 2.98. The first kappa shape index (κ1) is 17.1. The van der Waals surface area contributed by atoms with E-state index >= 15 is 0 Å². The highest BCUT2D eigenvalue weighted by atomic mass is 16.2. The van der Waals surface area contributed by atoms with Crippen LogP contribution in [0.1, 0.15) is 41.2 Å². The molecular formula is C20H24N4O. The summed E-state index contributed by atoms with van der Waals surface area (Å²) >= 11 is 0. The molecule has 0 aromatic carbocycles. The Morgan fingerprint density at radius 1 is 1.16 bits per heavy atom. The molecule has 3 aromatic heterocycles. The number of rotatable bonds is 6. The third kappa shape index (κ3) is 3.55. The monoisotopic (exact) mass is 336 g/mol. The molecule has 5 heteroatoms. The van der Waals surface area contributed by atoms with Gasteiger partial charge < -0.3 is 9.30 Å². The molecule has 0 saturated carbocycles. The van der Waals surface area contributed by atoms with Gasteiger partial charge in [0, 0.05) is 37.4 Å². The smallest absolute Gasteiger partial charge is 0.255 e. The summed E-state index contributed by atoms with van der Waals surface area (Å²) in [6.07, 6.45) is 7.20. The number of hydrogen-bond acceptors (Lipinski definition) is 3. The summed E-state index contributed by atoms with van der Waals surface area (Å²) in [5, 5.41) is 0. The average molecular weight is 336 g/mol. The Balaban J connectivity index is 1.80. The summed E-state index contributed by atoms with van der Waals surface area (Å²) in [6, 6.07) is 7.78. The van der Waals surface area contributed by atoms with Crippen LogP contribution in [0.15, 0.2) is 42.9 Å². The zero-order chi connectivity index (χ0) is 17.8. The van der Waals surface area contributed by atoms with Crippen LogP contribution in [-0.4, -0.2) is 38.3 Å². The predicted molar refractivity (Wildman–Crippen MR) is 98.8 cm³/mol. The van der Waals surface area contributed by atoms with Crippen molar-refractivity contribution in [1.29, 1.82) is 0 Å². The summed E-state index contributed by atoms with van der Waals surface area (Å²) in [4.78, 5) is 23.4. The van der Waals surface area contributed by atoms with Gasteiger partial charge in [-0.1, -0.05) is 6.92 Å². The zero-order valence-electron chi connectivity index (χ0n) is 15.1. The minimum absolute atomic E-state index is 0.0598. The molecule has 0 N–H and O–H groups in total. The van der Waals surface area contributed by atoms with Gasteiger partial charge >= 0.3 is 0 Å². The number of carbonyl (C=O) groups excluding carboxylic acids is 1. The molecule has 0 spiro atoms. The second-order valence-corrected chi connectivity index (χ2v) is 6.13. The number of aromatic nitrogens is 3. The van der Waals surface area contributed by atoms with E-state index in [1.165, 1.54) is 5.56 Å². The molecule has 5 nitrogen and oxygen atoms in total. The molecule has 0 aliphatic carbocycles. The second kappa shape index (κ2) is 7.47. The molecule has 0 bridgehead atoms. The summed E-state index contributed by atoms with van der Waals surface area (Å²) in [5.74, 6) is 0.0598. The number of pyridine rings is 2. The molecule has 3 aromatic rings. The third-order valence-corrected chi connectivity index (χ3v) is 4.63. The van der Waals surface area contributed by atoms with Crippen LogP contribution >= 0.6 is 0 Å². The van der Waals surface area contributed by atoms with E-state index in [-0.39, 0.29) is 5.91 Å².